The lowest BCUT2D eigenvalue weighted by molar-refractivity contribution is -0.0173. The van der Waals surface area contributed by atoms with Gasteiger partial charge in [-0.2, -0.15) is 0 Å². The average Bonchev–Trinajstić information content (AvgIpc) is 2.39. The van der Waals surface area contributed by atoms with Crippen LogP contribution in [0.2, 0.25) is 5.02 Å². The number of hydrogen-bond acceptors (Lipinski definition) is 3. The van der Waals surface area contributed by atoms with Gasteiger partial charge in [-0.05, 0) is 49.5 Å². The van der Waals surface area contributed by atoms with Crippen LogP contribution in [0.4, 0.5) is 0 Å². The van der Waals surface area contributed by atoms with Crippen LogP contribution in [-0.2, 0) is 11.3 Å². The SMILES string of the molecule is Clc1cc2c(c(C3CCNCC3)c1)OCOC2. The number of benzene rings is 1. The first-order valence-corrected chi connectivity index (χ1v) is 6.46. The summed E-state index contributed by atoms with van der Waals surface area (Å²) in [6.07, 6.45) is 2.30. The molecule has 0 unspecified atom stereocenters. The van der Waals surface area contributed by atoms with Crippen molar-refractivity contribution in [3.8, 4) is 5.75 Å². The van der Waals surface area contributed by atoms with Crippen molar-refractivity contribution in [2.45, 2.75) is 25.4 Å². The monoisotopic (exact) mass is 253 g/mol. The maximum Gasteiger partial charge on any atom is 0.189 e. The second kappa shape index (κ2) is 4.84. The third kappa shape index (κ3) is 2.28. The fraction of sp³-hybridized carbons (Fsp3) is 0.538. The molecule has 2 heterocycles. The van der Waals surface area contributed by atoms with E-state index >= 15 is 0 Å². The molecule has 2 aliphatic heterocycles. The quantitative estimate of drug-likeness (QED) is 0.835. The lowest BCUT2D eigenvalue weighted by atomic mass is 9.88. The Labute approximate surface area is 106 Å². The second-order valence-corrected chi connectivity index (χ2v) is 5.05. The zero-order valence-corrected chi connectivity index (χ0v) is 10.4. The Balaban J connectivity index is 1.98. The number of piperidine rings is 1. The molecule has 1 fully saturated rings. The molecular formula is C13H16ClNO2. The number of nitrogens with one attached hydrogen (secondary N) is 1. The molecule has 0 aromatic heterocycles. The third-order valence-corrected chi connectivity index (χ3v) is 3.70. The summed E-state index contributed by atoms with van der Waals surface area (Å²) < 4.78 is 11.0. The summed E-state index contributed by atoms with van der Waals surface area (Å²) >= 11 is 6.17. The summed E-state index contributed by atoms with van der Waals surface area (Å²) in [7, 11) is 0. The zero-order chi connectivity index (χ0) is 11.7. The van der Waals surface area contributed by atoms with Gasteiger partial charge in [0, 0.05) is 10.6 Å². The summed E-state index contributed by atoms with van der Waals surface area (Å²) in [5.74, 6) is 1.56. The smallest absolute Gasteiger partial charge is 0.189 e. The van der Waals surface area contributed by atoms with Crippen LogP contribution < -0.4 is 10.1 Å². The van der Waals surface area contributed by atoms with Crippen molar-refractivity contribution in [1.29, 1.82) is 0 Å². The van der Waals surface area contributed by atoms with E-state index in [1.807, 2.05) is 6.07 Å². The van der Waals surface area contributed by atoms with Gasteiger partial charge in [-0.1, -0.05) is 11.6 Å². The molecule has 0 aliphatic carbocycles. The first kappa shape index (κ1) is 11.3. The van der Waals surface area contributed by atoms with E-state index < -0.39 is 0 Å². The van der Waals surface area contributed by atoms with Crippen molar-refractivity contribution >= 4 is 11.6 Å². The second-order valence-electron chi connectivity index (χ2n) is 4.62. The predicted molar refractivity (Wildman–Crippen MR) is 66.6 cm³/mol. The van der Waals surface area contributed by atoms with E-state index in [-0.39, 0.29) is 0 Å². The van der Waals surface area contributed by atoms with Gasteiger partial charge in [0.25, 0.3) is 0 Å². The van der Waals surface area contributed by atoms with E-state index in [2.05, 4.69) is 11.4 Å². The van der Waals surface area contributed by atoms with Crippen LogP contribution in [0.5, 0.6) is 5.75 Å². The molecule has 4 heteroatoms. The molecule has 0 amide bonds. The normalized spacial score (nSPS) is 20.8. The van der Waals surface area contributed by atoms with Gasteiger partial charge in [0.2, 0.25) is 0 Å². The molecule has 1 aromatic rings. The predicted octanol–water partition coefficient (Wildman–Crippen LogP) is 2.67. The van der Waals surface area contributed by atoms with Crippen molar-refractivity contribution in [2.24, 2.45) is 0 Å². The fourth-order valence-corrected chi connectivity index (χ4v) is 2.89. The highest BCUT2D eigenvalue weighted by Gasteiger charge is 2.23. The Morgan fingerprint density at radius 2 is 2.06 bits per heavy atom. The summed E-state index contributed by atoms with van der Waals surface area (Å²) in [6, 6.07) is 4.00. The minimum Gasteiger partial charge on any atom is -0.467 e. The molecule has 0 bridgehead atoms. The van der Waals surface area contributed by atoms with Crippen LogP contribution in [0.15, 0.2) is 12.1 Å². The zero-order valence-electron chi connectivity index (χ0n) is 9.67. The number of rotatable bonds is 1. The molecule has 17 heavy (non-hydrogen) atoms. The van der Waals surface area contributed by atoms with E-state index in [4.69, 9.17) is 21.1 Å². The average molecular weight is 254 g/mol. The number of halogens is 1. The lowest BCUT2D eigenvalue weighted by Gasteiger charge is -2.28. The summed E-state index contributed by atoms with van der Waals surface area (Å²) in [4.78, 5) is 0. The molecule has 3 rings (SSSR count). The molecule has 1 N–H and O–H groups in total. The van der Waals surface area contributed by atoms with Crippen molar-refractivity contribution in [1.82, 2.24) is 5.32 Å². The van der Waals surface area contributed by atoms with E-state index in [9.17, 15) is 0 Å². The van der Waals surface area contributed by atoms with Crippen molar-refractivity contribution in [3.05, 3.63) is 28.3 Å². The van der Waals surface area contributed by atoms with Gasteiger partial charge < -0.3 is 14.8 Å². The molecule has 1 saturated heterocycles. The van der Waals surface area contributed by atoms with Crippen molar-refractivity contribution in [3.63, 3.8) is 0 Å². The molecule has 1 aromatic carbocycles. The van der Waals surface area contributed by atoms with Crippen LogP contribution in [0.25, 0.3) is 0 Å². The Morgan fingerprint density at radius 1 is 1.24 bits per heavy atom. The molecule has 0 radical (unpaired) electrons. The maximum atomic E-state index is 6.17. The Hall–Kier alpha value is -0.770. The van der Waals surface area contributed by atoms with Gasteiger partial charge >= 0.3 is 0 Å². The number of fused-ring (bicyclic) bond motifs is 1. The van der Waals surface area contributed by atoms with E-state index in [1.165, 1.54) is 5.56 Å². The van der Waals surface area contributed by atoms with Gasteiger partial charge in [0.05, 0.1) is 6.61 Å². The molecule has 0 atom stereocenters. The number of ether oxygens (including phenoxy) is 2. The summed E-state index contributed by atoms with van der Waals surface area (Å²) in [5.41, 5.74) is 2.34. The van der Waals surface area contributed by atoms with Gasteiger partial charge in [0.15, 0.2) is 6.79 Å². The van der Waals surface area contributed by atoms with Crippen LogP contribution >= 0.6 is 11.6 Å². The van der Waals surface area contributed by atoms with Crippen LogP contribution in [0.1, 0.15) is 29.9 Å². The van der Waals surface area contributed by atoms with E-state index in [0.29, 0.717) is 19.3 Å². The fourth-order valence-electron chi connectivity index (χ4n) is 2.64. The first-order valence-electron chi connectivity index (χ1n) is 6.08. The summed E-state index contributed by atoms with van der Waals surface area (Å²) in [5, 5.41) is 4.16. The van der Waals surface area contributed by atoms with E-state index in [0.717, 1.165) is 42.3 Å². The Bertz CT molecular complexity index is 416. The lowest BCUT2D eigenvalue weighted by Crippen LogP contribution is -2.27. The minimum absolute atomic E-state index is 0.354. The standard InChI is InChI=1S/C13H16ClNO2/c14-11-5-10-7-16-8-17-13(10)12(6-11)9-1-3-15-4-2-9/h5-6,9,15H,1-4,7-8H2. The van der Waals surface area contributed by atoms with Gasteiger partial charge in [0.1, 0.15) is 5.75 Å². The highest BCUT2D eigenvalue weighted by molar-refractivity contribution is 6.30. The molecule has 2 aliphatic rings. The van der Waals surface area contributed by atoms with Crippen molar-refractivity contribution in [2.75, 3.05) is 19.9 Å². The largest absolute Gasteiger partial charge is 0.467 e. The Kier molecular flexibility index (Phi) is 3.23. The van der Waals surface area contributed by atoms with E-state index in [1.54, 1.807) is 0 Å². The van der Waals surface area contributed by atoms with Crippen molar-refractivity contribution < 1.29 is 9.47 Å². The number of hydrogen-bond donors (Lipinski definition) is 1. The molecule has 3 nitrogen and oxygen atoms in total. The maximum absolute atomic E-state index is 6.17. The van der Waals surface area contributed by atoms with Crippen LogP contribution in [-0.4, -0.2) is 19.9 Å². The molecule has 0 saturated carbocycles. The summed E-state index contributed by atoms with van der Waals surface area (Å²) in [6.45, 7) is 3.10. The molecule has 0 spiro atoms. The Morgan fingerprint density at radius 3 is 2.88 bits per heavy atom. The highest BCUT2D eigenvalue weighted by atomic mass is 35.5. The topological polar surface area (TPSA) is 30.5 Å². The van der Waals surface area contributed by atoms with Gasteiger partial charge in [-0.15, -0.1) is 0 Å². The van der Waals surface area contributed by atoms with Gasteiger partial charge in [-0.25, -0.2) is 0 Å². The first-order chi connectivity index (χ1) is 8.34. The molecule has 92 valence electrons. The van der Waals surface area contributed by atoms with Crippen LogP contribution in [0.3, 0.4) is 0 Å². The molecular weight excluding hydrogens is 238 g/mol. The van der Waals surface area contributed by atoms with Crippen LogP contribution in [0, 0.1) is 0 Å². The minimum atomic E-state index is 0.354. The van der Waals surface area contributed by atoms with Gasteiger partial charge in [-0.3, -0.25) is 0 Å². The highest BCUT2D eigenvalue weighted by Crippen LogP contribution is 2.39. The third-order valence-electron chi connectivity index (χ3n) is 3.48.